The lowest BCUT2D eigenvalue weighted by Crippen LogP contribution is -2.20. The Hall–Kier alpha value is -2.17. The van der Waals surface area contributed by atoms with Crippen LogP contribution in [0.15, 0.2) is 30.6 Å². The molecule has 1 N–H and O–H groups in total. The molecule has 1 aliphatic carbocycles. The number of hydrogen-bond donors (Lipinski definition) is 1. The zero-order chi connectivity index (χ0) is 13.2. The highest BCUT2D eigenvalue weighted by atomic mass is 16.6. The lowest BCUT2D eigenvalue weighted by atomic mass is 9.85. The van der Waals surface area contributed by atoms with Gasteiger partial charge in [-0.15, -0.1) is 0 Å². The number of nitro benzene ring substituents is 1. The third-order valence-electron chi connectivity index (χ3n) is 3.80. The Morgan fingerprint density at radius 2 is 2.16 bits per heavy atom. The topological polar surface area (TPSA) is 68.1 Å². The first-order valence-corrected chi connectivity index (χ1v) is 6.50. The second-order valence-electron chi connectivity index (χ2n) is 4.99. The molecule has 0 saturated heterocycles. The fourth-order valence-electron chi connectivity index (χ4n) is 2.44. The molecule has 0 unspecified atom stereocenters. The SMILES string of the molecule is O=[N+]([O-])c1ccc(NCC2CCC2)c2ccncc12. The number of pyridine rings is 1. The van der Waals surface area contributed by atoms with Crippen molar-refractivity contribution in [3.63, 3.8) is 0 Å². The van der Waals surface area contributed by atoms with Crippen molar-refractivity contribution in [2.45, 2.75) is 19.3 Å². The summed E-state index contributed by atoms with van der Waals surface area (Å²) < 4.78 is 0. The van der Waals surface area contributed by atoms with Gasteiger partial charge in [0, 0.05) is 36.1 Å². The molecule has 3 rings (SSSR count). The van der Waals surface area contributed by atoms with Gasteiger partial charge in [-0.1, -0.05) is 6.42 Å². The highest BCUT2D eigenvalue weighted by Crippen LogP contribution is 2.32. The Bertz CT molecular complexity index is 623. The standard InChI is InChI=1S/C14H15N3O2/c18-17(19)14-5-4-13(16-8-10-2-1-3-10)11-6-7-15-9-12(11)14/h4-7,9-10,16H,1-3,8H2. The van der Waals surface area contributed by atoms with Crippen LogP contribution in [0.5, 0.6) is 0 Å². The molecule has 0 amide bonds. The summed E-state index contributed by atoms with van der Waals surface area (Å²) in [6, 6.07) is 5.16. The van der Waals surface area contributed by atoms with Crippen LogP contribution in [0.25, 0.3) is 10.8 Å². The largest absolute Gasteiger partial charge is 0.384 e. The van der Waals surface area contributed by atoms with Gasteiger partial charge in [-0.05, 0) is 30.9 Å². The number of non-ortho nitro benzene ring substituents is 1. The minimum atomic E-state index is -0.361. The Balaban J connectivity index is 1.95. The molecule has 0 bridgehead atoms. The van der Waals surface area contributed by atoms with Gasteiger partial charge in [-0.25, -0.2) is 0 Å². The maximum Gasteiger partial charge on any atom is 0.278 e. The van der Waals surface area contributed by atoms with Crippen LogP contribution in [0, 0.1) is 16.0 Å². The summed E-state index contributed by atoms with van der Waals surface area (Å²) in [6.45, 7) is 0.940. The molecule has 0 spiro atoms. The van der Waals surface area contributed by atoms with Crippen molar-refractivity contribution in [3.05, 3.63) is 40.7 Å². The number of fused-ring (bicyclic) bond motifs is 1. The average molecular weight is 257 g/mol. The first-order valence-electron chi connectivity index (χ1n) is 6.50. The van der Waals surface area contributed by atoms with Crippen LogP contribution < -0.4 is 5.32 Å². The average Bonchev–Trinajstić information content (AvgIpc) is 2.36. The fourth-order valence-corrected chi connectivity index (χ4v) is 2.44. The van der Waals surface area contributed by atoms with Crippen molar-refractivity contribution in [1.29, 1.82) is 0 Å². The second kappa shape index (κ2) is 4.84. The molecule has 0 atom stereocenters. The number of anilines is 1. The first kappa shape index (κ1) is 11.9. The summed E-state index contributed by atoms with van der Waals surface area (Å²) >= 11 is 0. The molecule has 0 radical (unpaired) electrons. The number of nitro groups is 1. The van der Waals surface area contributed by atoms with Gasteiger partial charge >= 0.3 is 0 Å². The third kappa shape index (κ3) is 2.23. The molecular weight excluding hydrogens is 242 g/mol. The molecule has 1 aromatic heterocycles. The predicted molar refractivity (Wildman–Crippen MR) is 74.2 cm³/mol. The molecule has 1 saturated carbocycles. The molecule has 5 nitrogen and oxygen atoms in total. The fraction of sp³-hybridized carbons (Fsp3) is 0.357. The van der Waals surface area contributed by atoms with Crippen LogP contribution in [-0.4, -0.2) is 16.5 Å². The molecule has 1 aliphatic rings. The van der Waals surface area contributed by atoms with E-state index in [1.54, 1.807) is 24.5 Å². The number of nitrogens with zero attached hydrogens (tertiary/aromatic N) is 2. The molecule has 0 aliphatic heterocycles. The predicted octanol–water partition coefficient (Wildman–Crippen LogP) is 3.36. The summed E-state index contributed by atoms with van der Waals surface area (Å²) in [4.78, 5) is 14.6. The summed E-state index contributed by atoms with van der Waals surface area (Å²) in [5, 5.41) is 15.9. The quantitative estimate of drug-likeness (QED) is 0.673. The van der Waals surface area contributed by atoms with E-state index in [9.17, 15) is 10.1 Å². The summed E-state index contributed by atoms with van der Waals surface area (Å²) in [5.41, 5.74) is 1.06. The van der Waals surface area contributed by atoms with Crippen molar-refractivity contribution in [1.82, 2.24) is 4.98 Å². The number of nitrogens with one attached hydrogen (secondary N) is 1. The van der Waals surface area contributed by atoms with Gasteiger partial charge in [0.25, 0.3) is 5.69 Å². The maximum absolute atomic E-state index is 11.0. The van der Waals surface area contributed by atoms with Crippen molar-refractivity contribution in [3.8, 4) is 0 Å². The lowest BCUT2D eigenvalue weighted by Gasteiger charge is -2.26. The van der Waals surface area contributed by atoms with Crippen LogP contribution in [0.3, 0.4) is 0 Å². The van der Waals surface area contributed by atoms with E-state index in [1.807, 2.05) is 6.07 Å². The smallest absolute Gasteiger partial charge is 0.278 e. The summed E-state index contributed by atoms with van der Waals surface area (Å²) in [5.74, 6) is 0.743. The lowest BCUT2D eigenvalue weighted by molar-refractivity contribution is -0.383. The van der Waals surface area contributed by atoms with E-state index in [2.05, 4.69) is 10.3 Å². The van der Waals surface area contributed by atoms with Gasteiger partial charge in [0.15, 0.2) is 0 Å². The number of benzene rings is 1. The molecule has 2 aromatic rings. The number of hydrogen-bond acceptors (Lipinski definition) is 4. The molecular formula is C14H15N3O2. The van der Waals surface area contributed by atoms with Gasteiger partial charge in [-0.3, -0.25) is 15.1 Å². The summed E-state index contributed by atoms with van der Waals surface area (Å²) in [6.07, 6.45) is 7.10. The Morgan fingerprint density at radius 1 is 1.32 bits per heavy atom. The second-order valence-corrected chi connectivity index (χ2v) is 4.99. The van der Waals surface area contributed by atoms with E-state index in [-0.39, 0.29) is 10.6 Å². The van der Waals surface area contributed by atoms with Gasteiger partial charge in [0.05, 0.1) is 10.3 Å². The zero-order valence-corrected chi connectivity index (χ0v) is 10.5. The minimum absolute atomic E-state index is 0.109. The van der Waals surface area contributed by atoms with Crippen molar-refractivity contribution < 1.29 is 4.92 Å². The van der Waals surface area contributed by atoms with E-state index in [1.165, 1.54) is 19.3 Å². The van der Waals surface area contributed by atoms with Crippen LogP contribution in [0.1, 0.15) is 19.3 Å². The Labute approximate surface area is 110 Å². The Morgan fingerprint density at radius 3 is 2.84 bits per heavy atom. The maximum atomic E-state index is 11.0. The Kier molecular flexibility index (Phi) is 3.03. The van der Waals surface area contributed by atoms with Crippen LogP contribution in [0.2, 0.25) is 0 Å². The van der Waals surface area contributed by atoms with Crippen molar-refractivity contribution in [2.75, 3.05) is 11.9 Å². The normalized spacial score (nSPS) is 15.2. The van der Waals surface area contributed by atoms with Gasteiger partial charge in [-0.2, -0.15) is 0 Å². The van der Waals surface area contributed by atoms with Gasteiger partial charge in [0.1, 0.15) is 0 Å². The molecule has 98 valence electrons. The minimum Gasteiger partial charge on any atom is -0.384 e. The van der Waals surface area contributed by atoms with Crippen molar-refractivity contribution >= 4 is 22.1 Å². The van der Waals surface area contributed by atoms with Crippen LogP contribution in [0.4, 0.5) is 11.4 Å². The van der Waals surface area contributed by atoms with Crippen molar-refractivity contribution in [2.24, 2.45) is 5.92 Å². The molecule has 19 heavy (non-hydrogen) atoms. The molecule has 5 heteroatoms. The molecule has 1 heterocycles. The first-order chi connectivity index (χ1) is 9.25. The van der Waals surface area contributed by atoms with Crippen LogP contribution >= 0.6 is 0 Å². The van der Waals surface area contributed by atoms with E-state index in [0.717, 1.165) is 23.5 Å². The number of aromatic nitrogens is 1. The van der Waals surface area contributed by atoms with Crippen LogP contribution in [-0.2, 0) is 0 Å². The molecule has 1 fully saturated rings. The zero-order valence-electron chi connectivity index (χ0n) is 10.5. The molecule has 1 aromatic carbocycles. The van der Waals surface area contributed by atoms with Gasteiger partial charge in [0.2, 0.25) is 0 Å². The number of rotatable bonds is 4. The van der Waals surface area contributed by atoms with Gasteiger partial charge < -0.3 is 5.32 Å². The highest BCUT2D eigenvalue weighted by Gasteiger charge is 2.18. The van der Waals surface area contributed by atoms with E-state index in [0.29, 0.717) is 5.39 Å². The summed E-state index contributed by atoms with van der Waals surface area (Å²) in [7, 11) is 0. The van der Waals surface area contributed by atoms with E-state index < -0.39 is 0 Å². The van der Waals surface area contributed by atoms with E-state index >= 15 is 0 Å². The third-order valence-corrected chi connectivity index (χ3v) is 3.80. The monoisotopic (exact) mass is 257 g/mol. The highest BCUT2D eigenvalue weighted by molar-refractivity contribution is 5.99. The van der Waals surface area contributed by atoms with E-state index in [4.69, 9.17) is 0 Å².